The van der Waals surface area contributed by atoms with Gasteiger partial charge < -0.3 is 4.74 Å². The fraction of sp³-hybridized carbons (Fsp3) is 0.706. The molecule has 0 aromatic carbocycles. The van der Waals surface area contributed by atoms with Gasteiger partial charge in [-0.25, -0.2) is 0 Å². The summed E-state index contributed by atoms with van der Waals surface area (Å²) in [6.45, 7) is 6.75. The van der Waals surface area contributed by atoms with Crippen LogP contribution in [-0.4, -0.2) is 13.1 Å². The third kappa shape index (κ3) is 3.49. The average Bonchev–Trinajstić information content (AvgIpc) is 2.67. The minimum Gasteiger partial charge on any atom is -0.469 e. The molecule has 0 radical (unpaired) electrons. The van der Waals surface area contributed by atoms with Gasteiger partial charge in [0.2, 0.25) is 0 Å². The minimum atomic E-state index is -0.0309. The van der Waals surface area contributed by atoms with Crippen molar-refractivity contribution in [2.75, 3.05) is 7.11 Å². The molecule has 0 aromatic heterocycles. The first-order chi connectivity index (χ1) is 8.90. The fourth-order valence-electron chi connectivity index (χ4n) is 3.51. The third-order valence-corrected chi connectivity index (χ3v) is 4.22. The molecular weight excluding hydrogens is 236 g/mol. The van der Waals surface area contributed by atoms with Crippen molar-refractivity contribution in [1.29, 1.82) is 0 Å². The van der Waals surface area contributed by atoms with Crippen molar-refractivity contribution < 1.29 is 9.53 Å². The molecule has 2 aliphatic rings. The molecule has 1 saturated carbocycles. The van der Waals surface area contributed by atoms with E-state index in [4.69, 9.17) is 4.74 Å². The molecule has 2 aliphatic carbocycles. The van der Waals surface area contributed by atoms with Crippen LogP contribution in [0.1, 0.15) is 46.5 Å². The highest BCUT2D eigenvalue weighted by atomic mass is 16.5. The molecule has 1 fully saturated rings. The molecule has 0 saturated heterocycles. The van der Waals surface area contributed by atoms with Gasteiger partial charge >= 0.3 is 5.97 Å². The Kier molecular flexibility index (Phi) is 4.17. The second-order valence-corrected chi connectivity index (χ2v) is 7.01. The number of allylic oxidation sites excluding steroid dienone is 4. The first-order valence-electron chi connectivity index (χ1n) is 7.37. The zero-order valence-electron chi connectivity index (χ0n) is 12.6. The number of hydrogen-bond donors (Lipinski definition) is 0. The molecule has 2 heteroatoms. The normalized spacial score (nSPS) is 33.1. The summed E-state index contributed by atoms with van der Waals surface area (Å²) >= 11 is 0. The van der Waals surface area contributed by atoms with Gasteiger partial charge in [-0.05, 0) is 42.9 Å². The SMILES string of the molecule is COC(=O)C1C[C@H]2C=CCC/C(=C/C(C)(C)C)[C@H]2C1. The summed E-state index contributed by atoms with van der Waals surface area (Å²) < 4.78 is 4.93. The zero-order valence-corrected chi connectivity index (χ0v) is 12.6. The molecule has 0 N–H and O–H groups in total. The van der Waals surface area contributed by atoms with Gasteiger partial charge in [-0.2, -0.15) is 0 Å². The largest absolute Gasteiger partial charge is 0.469 e. The third-order valence-electron chi connectivity index (χ3n) is 4.22. The first kappa shape index (κ1) is 14.4. The topological polar surface area (TPSA) is 26.3 Å². The number of ether oxygens (including phenoxy) is 1. The zero-order chi connectivity index (χ0) is 14.0. The van der Waals surface area contributed by atoms with E-state index >= 15 is 0 Å². The highest BCUT2D eigenvalue weighted by molar-refractivity contribution is 5.72. The van der Waals surface area contributed by atoms with E-state index in [0.717, 1.165) is 25.7 Å². The van der Waals surface area contributed by atoms with Gasteiger partial charge in [-0.1, -0.05) is 44.6 Å². The van der Waals surface area contributed by atoms with Gasteiger partial charge in [0.25, 0.3) is 0 Å². The van der Waals surface area contributed by atoms with Gasteiger partial charge in [0.15, 0.2) is 0 Å². The van der Waals surface area contributed by atoms with E-state index in [2.05, 4.69) is 39.0 Å². The van der Waals surface area contributed by atoms with Crippen molar-refractivity contribution >= 4 is 5.97 Å². The fourth-order valence-corrected chi connectivity index (χ4v) is 3.51. The predicted molar refractivity (Wildman–Crippen MR) is 77.6 cm³/mol. The molecule has 0 bridgehead atoms. The van der Waals surface area contributed by atoms with E-state index in [1.54, 1.807) is 5.57 Å². The lowest BCUT2D eigenvalue weighted by Crippen LogP contribution is -2.14. The van der Waals surface area contributed by atoms with Crippen LogP contribution in [0, 0.1) is 23.2 Å². The van der Waals surface area contributed by atoms with Gasteiger partial charge in [-0.3, -0.25) is 4.79 Å². The second-order valence-electron chi connectivity index (χ2n) is 7.01. The molecule has 19 heavy (non-hydrogen) atoms. The van der Waals surface area contributed by atoms with Crippen molar-refractivity contribution in [3.05, 3.63) is 23.8 Å². The molecule has 2 nitrogen and oxygen atoms in total. The van der Waals surface area contributed by atoms with Gasteiger partial charge in [0.05, 0.1) is 13.0 Å². The molecule has 3 atom stereocenters. The summed E-state index contributed by atoms with van der Waals surface area (Å²) in [4.78, 5) is 11.8. The van der Waals surface area contributed by atoms with Crippen LogP contribution in [0.4, 0.5) is 0 Å². The maximum atomic E-state index is 11.8. The van der Waals surface area contributed by atoms with Crippen molar-refractivity contribution in [3.63, 3.8) is 0 Å². The Balaban J connectivity index is 2.21. The maximum absolute atomic E-state index is 11.8. The molecule has 0 heterocycles. The smallest absolute Gasteiger partial charge is 0.308 e. The summed E-state index contributed by atoms with van der Waals surface area (Å²) in [5.74, 6) is 1.13. The average molecular weight is 262 g/mol. The van der Waals surface area contributed by atoms with Gasteiger partial charge in [-0.15, -0.1) is 0 Å². The Morgan fingerprint density at radius 2 is 2.11 bits per heavy atom. The number of rotatable bonds is 1. The summed E-state index contributed by atoms with van der Waals surface area (Å²) in [6.07, 6.45) is 11.2. The van der Waals surface area contributed by atoms with Gasteiger partial charge in [0.1, 0.15) is 0 Å². The molecule has 106 valence electrons. The predicted octanol–water partition coefficient (Wildman–Crippen LogP) is 4.12. The Hall–Kier alpha value is -1.05. The summed E-state index contributed by atoms with van der Waals surface area (Å²) in [5, 5.41) is 0. The minimum absolute atomic E-state index is 0.0309. The Labute approximate surface area is 116 Å². The van der Waals surface area contributed by atoms with E-state index in [9.17, 15) is 4.79 Å². The lowest BCUT2D eigenvalue weighted by atomic mass is 9.83. The molecular formula is C17H26O2. The van der Waals surface area contributed by atoms with Crippen LogP contribution < -0.4 is 0 Å². The number of methoxy groups -OCH3 is 1. The standard InChI is InChI=1S/C17H26O2/c1-17(2,3)11-13-8-6-5-7-12-9-14(10-15(12)13)16(18)19-4/h5,7,11-12,14-15H,6,8-10H2,1-4H3/b13-11-/t12-,14?,15+/m1/s1. The Morgan fingerprint density at radius 3 is 2.74 bits per heavy atom. The molecule has 0 aromatic rings. The van der Waals surface area contributed by atoms with Crippen molar-refractivity contribution in [2.45, 2.75) is 46.5 Å². The second kappa shape index (κ2) is 5.52. The van der Waals surface area contributed by atoms with E-state index < -0.39 is 0 Å². The van der Waals surface area contributed by atoms with Gasteiger partial charge in [0, 0.05) is 0 Å². The first-order valence-corrected chi connectivity index (χ1v) is 7.37. The van der Waals surface area contributed by atoms with Crippen molar-refractivity contribution in [1.82, 2.24) is 0 Å². The molecule has 1 unspecified atom stereocenters. The van der Waals surface area contributed by atoms with Crippen LogP contribution in [0.15, 0.2) is 23.8 Å². The number of hydrogen-bond acceptors (Lipinski definition) is 2. The van der Waals surface area contributed by atoms with Crippen LogP contribution in [0.3, 0.4) is 0 Å². The van der Waals surface area contributed by atoms with E-state index in [1.807, 2.05) is 0 Å². The summed E-state index contributed by atoms with van der Waals surface area (Å²) in [7, 11) is 1.50. The molecule has 0 aliphatic heterocycles. The summed E-state index contributed by atoms with van der Waals surface area (Å²) in [5.41, 5.74) is 1.77. The van der Waals surface area contributed by atoms with E-state index in [1.165, 1.54) is 7.11 Å². The van der Waals surface area contributed by atoms with Crippen LogP contribution in [0.2, 0.25) is 0 Å². The molecule has 0 spiro atoms. The summed E-state index contributed by atoms with van der Waals surface area (Å²) in [6, 6.07) is 0. The molecule has 2 rings (SSSR count). The number of carbonyl (C=O) groups excluding carboxylic acids is 1. The van der Waals surface area contributed by atoms with Crippen LogP contribution in [-0.2, 0) is 9.53 Å². The number of carbonyl (C=O) groups is 1. The number of esters is 1. The van der Waals surface area contributed by atoms with Crippen LogP contribution in [0.5, 0.6) is 0 Å². The highest BCUT2D eigenvalue weighted by Crippen LogP contribution is 2.45. The van der Waals surface area contributed by atoms with Crippen LogP contribution in [0.25, 0.3) is 0 Å². The Bertz CT molecular complexity index is 398. The monoisotopic (exact) mass is 262 g/mol. The Morgan fingerprint density at radius 1 is 1.37 bits per heavy atom. The quantitative estimate of drug-likeness (QED) is 0.525. The van der Waals surface area contributed by atoms with E-state index in [0.29, 0.717) is 11.8 Å². The molecule has 0 amide bonds. The van der Waals surface area contributed by atoms with E-state index in [-0.39, 0.29) is 17.3 Å². The van der Waals surface area contributed by atoms with Crippen molar-refractivity contribution in [2.24, 2.45) is 23.2 Å². The van der Waals surface area contributed by atoms with Crippen LogP contribution >= 0.6 is 0 Å². The lowest BCUT2D eigenvalue weighted by molar-refractivity contribution is -0.145. The number of fused-ring (bicyclic) bond motifs is 1. The maximum Gasteiger partial charge on any atom is 0.308 e. The highest BCUT2D eigenvalue weighted by Gasteiger charge is 2.39. The lowest BCUT2D eigenvalue weighted by Gasteiger charge is -2.22. The van der Waals surface area contributed by atoms with Crippen molar-refractivity contribution in [3.8, 4) is 0 Å².